The quantitative estimate of drug-likeness (QED) is 0.493. The highest BCUT2D eigenvalue weighted by molar-refractivity contribution is 14.1. The van der Waals surface area contributed by atoms with Crippen LogP contribution in [0.25, 0.3) is 0 Å². The minimum atomic E-state index is 0.992. The first-order valence-electron chi connectivity index (χ1n) is 3.30. The molecule has 1 aromatic carbocycles. The zero-order valence-electron chi connectivity index (χ0n) is 6.21. The fourth-order valence-electron chi connectivity index (χ4n) is 0.654. The summed E-state index contributed by atoms with van der Waals surface area (Å²) in [5.74, 6) is 0. The summed E-state index contributed by atoms with van der Waals surface area (Å²) in [7, 11) is 0. The third-order valence-electron chi connectivity index (χ3n) is 1.11. The first-order chi connectivity index (χ1) is 5.29. The molecule has 0 aliphatic heterocycles. The Morgan fingerprint density at radius 1 is 1.36 bits per heavy atom. The van der Waals surface area contributed by atoms with E-state index in [1.165, 1.54) is 0 Å². The Labute approximate surface area is 79.8 Å². The Morgan fingerprint density at radius 2 is 2.00 bits per heavy atom. The molecule has 0 saturated carbocycles. The molecule has 0 fully saturated rings. The second kappa shape index (κ2) is 4.33. The van der Waals surface area contributed by atoms with E-state index in [1.54, 1.807) is 0 Å². The van der Waals surface area contributed by atoms with Crippen molar-refractivity contribution in [3.8, 4) is 0 Å². The largest absolute Gasteiger partial charge is 0.278 e. The zero-order chi connectivity index (χ0) is 8.10. The Kier molecular flexibility index (Phi) is 3.35. The van der Waals surface area contributed by atoms with Crippen molar-refractivity contribution >= 4 is 32.0 Å². The van der Waals surface area contributed by atoms with E-state index in [2.05, 4.69) is 33.1 Å². The van der Waals surface area contributed by atoms with Crippen molar-refractivity contribution in [2.75, 3.05) is 5.43 Å². The van der Waals surface area contributed by atoms with Crippen molar-refractivity contribution < 1.29 is 0 Å². The highest BCUT2D eigenvalue weighted by Gasteiger charge is 1.84. The van der Waals surface area contributed by atoms with Crippen LogP contribution in [-0.4, -0.2) is 3.72 Å². The molecule has 0 atom stereocenters. The smallest absolute Gasteiger partial charge is 0.0955 e. The summed E-state index contributed by atoms with van der Waals surface area (Å²) in [5, 5.41) is 4.05. The molecule has 1 rings (SSSR count). The van der Waals surface area contributed by atoms with Crippen LogP contribution in [0.4, 0.5) is 5.69 Å². The SMILES string of the molecule is C/C(I)=N/Nc1ccccc1. The number of para-hydroxylation sites is 1. The van der Waals surface area contributed by atoms with Crippen molar-refractivity contribution in [1.29, 1.82) is 0 Å². The van der Waals surface area contributed by atoms with Crippen molar-refractivity contribution in [2.24, 2.45) is 5.10 Å². The number of rotatable bonds is 2. The van der Waals surface area contributed by atoms with Gasteiger partial charge in [0.1, 0.15) is 0 Å². The van der Waals surface area contributed by atoms with Crippen molar-refractivity contribution in [2.45, 2.75) is 6.92 Å². The molecule has 0 amide bonds. The minimum absolute atomic E-state index is 0.992. The lowest BCUT2D eigenvalue weighted by Gasteiger charge is -1.97. The van der Waals surface area contributed by atoms with Crippen LogP contribution in [0.2, 0.25) is 0 Å². The van der Waals surface area contributed by atoms with Crippen molar-refractivity contribution in [3.05, 3.63) is 30.3 Å². The van der Waals surface area contributed by atoms with Crippen molar-refractivity contribution in [1.82, 2.24) is 0 Å². The monoisotopic (exact) mass is 260 g/mol. The fraction of sp³-hybridized carbons (Fsp3) is 0.125. The van der Waals surface area contributed by atoms with Crippen LogP contribution in [0, 0.1) is 0 Å². The predicted octanol–water partition coefficient (Wildman–Crippen LogP) is 2.87. The van der Waals surface area contributed by atoms with Crippen LogP contribution >= 0.6 is 22.6 Å². The molecule has 3 heteroatoms. The fourth-order valence-corrected chi connectivity index (χ4v) is 0.775. The van der Waals surface area contributed by atoms with Gasteiger partial charge >= 0.3 is 0 Å². The second-order valence-electron chi connectivity index (χ2n) is 2.09. The number of hydrogen-bond donors (Lipinski definition) is 1. The third-order valence-corrected chi connectivity index (χ3v) is 1.35. The van der Waals surface area contributed by atoms with Crippen LogP contribution in [0.15, 0.2) is 35.4 Å². The molecule has 0 spiro atoms. The molecule has 0 saturated heterocycles. The molecule has 0 heterocycles. The topological polar surface area (TPSA) is 24.4 Å². The van der Waals surface area contributed by atoms with Crippen LogP contribution in [0.1, 0.15) is 6.92 Å². The normalized spacial score (nSPS) is 11.3. The lowest BCUT2D eigenvalue weighted by molar-refractivity contribution is 1.35. The molecule has 1 N–H and O–H groups in total. The molecule has 0 aliphatic carbocycles. The summed E-state index contributed by atoms with van der Waals surface area (Å²) in [6.07, 6.45) is 0. The average Bonchev–Trinajstić information content (AvgIpc) is 2.03. The van der Waals surface area contributed by atoms with E-state index < -0.39 is 0 Å². The first-order valence-corrected chi connectivity index (χ1v) is 4.38. The molecule has 0 unspecified atom stereocenters. The van der Waals surface area contributed by atoms with E-state index in [0.29, 0.717) is 0 Å². The van der Waals surface area contributed by atoms with E-state index in [-0.39, 0.29) is 0 Å². The highest BCUT2D eigenvalue weighted by Crippen LogP contribution is 2.04. The van der Waals surface area contributed by atoms with Gasteiger partial charge < -0.3 is 0 Å². The summed E-state index contributed by atoms with van der Waals surface area (Å²) in [6.45, 7) is 1.94. The molecular weight excluding hydrogens is 251 g/mol. The Morgan fingerprint density at radius 3 is 2.55 bits per heavy atom. The second-order valence-corrected chi connectivity index (χ2v) is 3.65. The average molecular weight is 260 g/mol. The summed E-state index contributed by atoms with van der Waals surface area (Å²) in [4.78, 5) is 0. The van der Waals surface area contributed by atoms with Gasteiger partial charge in [0.05, 0.1) is 9.41 Å². The molecule has 58 valence electrons. The number of benzene rings is 1. The Bertz CT molecular complexity index is 240. The summed E-state index contributed by atoms with van der Waals surface area (Å²) in [6, 6.07) is 9.87. The maximum atomic E-state index is 4.05. The van der Waals surface area contributed by atoms with E-state index in [1.807, 2.05) is 37.3 Å². The molecule has 0 bridgehead atoms. The van der Waals surface area contributed by atoms with Gasteiger partial charge in [0.2, 0.25) is 0 Å². The van der Waals surface area contributed by atoms with E-state index >= 15 is 0 Å². The molecule has 11 heavy (non-hydrogen) atoms. The third kappa shape index (κ3) is 3.36. The molecule has 1 aromatic rings. The molecule has 0 aliphatic rings. The maximum absolute atomic E-state index is 4.05. The van der Waals surface area contributed by atoms with E-state index in [0.717, 1.165) is 9.41 Å². The van der Waals surface area contributed by atoms with E-state index in [4.69, 9.17) is 0 Å². The zero-order valence-corrected chi connectivity index (χ0v) is 8.37. The molecular formula is C8H9IN2. The maximum Gasteiger partial charge on any atom is 0.0955 e. The standard InChI is InChI=1S/C8H9IN2/c1-7(9)10-11-8-5-3-2-4-6-8/h2-6,11H,1H3/b10-7-. The molecule has 0 aromatic heterocycles. The number of nitrogens with zero attached hydrogens (tertiary/aromatic N) is 1. The Hall–Kier alpha value is -0.580. The van der Waals surface area contributed by atoms with Gasteiger partial charge in [-0.15, -0.1) is 0 Å². The van der Waals surface area contributed by atoms with Gasteiger partial charge in [0.15, 0.2) is 0 Å². The van der Waals surface area contributed by atoms with Gasteiger partial charge in [0.25, 0.3) is 0 Å². The number of hydrogen-bond acceptors (Lipinski definition) is 2. The van der Waals surface area contributed by atoms with Gasteiger partial charge in [-0.3, -0.25) is 5.43 Å². The van der Waals surface area contributed by atoms with Crippen molar-refractivity contribution in [3.63, 3.8) is 0 Å². The number of halogens is 1. The van der Waals surface area contributed by atoms with Gasteiger partial charge in [0, 0.05) is 0 Å². The number of nitrogens with one attached hydrogen (secondary N) is 1. The Balaban J connectivity index is 2.59. The van der Waals surface area contributed by atoms with Crippen LogP contribution in [0.3, 0.4) is 0 Å². The van der Waals surface area contributed by atoms with Gasteiger partial charge in [-0.1, -0.05) is 18.2 Å². The highest BCUT2D eigenvalue weighted by atomic mass is 127. The van der Waals surface area contributed by atoms with Gasteiger partial charge in [-0.2, -0.15) is 5.10 Å². The molecule has 0 radical (unpaired) electrons. The number of anilines is 1. The summed E-state index contributed by atoms with van der Waals surface area (Å²) < 4.78 is 0.992. The lowest BCUT2D eigenvalue weighted by atomic mass is 10.3. The van der Waals surface area contributed by atoms with Gasteiger partial charge in [-0.05, 0) is 41.6 Å². The van der Waals surface area contributed by atoms with Crippen LogP contribution < -0.4 is 5.43 Å². The lowest BCUT2D eigenvalue weighted by Crippen LogP contribution is -1.89. The van der Waals surface area contributed by atoms with E-state index in [9.17, 15) is 0 Å². The van der Waals surface area contributed by atoms with Crippen LogP contribution in [-0.2, 0) is 0 Å². The summed E-state index contributed by atoms with van der Waals surface area (Å²) >= 11 is 2.16. The van der Waals surface area contributed by atoms with Gasteiger partial charge in [-0.25, -0.2) is 0 Å². The van der Waals surface area contributed by atoms with Crippen LogP contribution in [0.5, 0.6) is 0 Å². The minimum Gasteiger partial charge on any atom is -0.278 e. The summed E-state index contributed by atoms with van der Waals surface area (Å²) in [5.41, 5.74) is 3.94. The predicted molar refractivity (Wildman–Crippen MR) is 57.2 cm³/mol. The first kappa shape index (κ1) is 8.52. The number of hydrazone groups is 1. The molecule has 2 nitrogen and oxygen atoms in total.